The van der Waals surface area contributed by atoms with Crippen molar-refractivity contribution in [3.63, 3.8) is 0 Å². The Bertz CT molecular complexity index is 948. The van der Waals surface area contributed by atoms with E-state index in [4.69, 9.17) is 32.7 Å². The third-order valence-corrected chi connectivity index (χ3v) is 4.96. The topological polar surface area (TPSA) is 66.2 Å². The van der Waals surface area contributed by atoms with E-state index in [2.05, 4.69) is 10.1 Å². The van der Waals surface area contributed by atoms with Crippen molar-refractivity contribution < 1.29 is 14.3 Å². The molecule has 0 N–H and O–H groups in total. The second-order valence-electron chi connectivity index (χ2n) is 5.83. The molecule has 4 rings (SSSR count). The Hall–Kier alpha value is -2.57. The minimum Gasteiger partial charge on any atom is -0.421 e. The van der Waals surface area contributed by atoms with Crippen LogP contribution in [-0.2, 0) is 21.6 Å². The molecule has 6 nitrogen and oxygen atoms in total. The van der Waals surface area contributed by atoms with Gasteiger partial charge in [-0.1, -0.05) is 59.6 Å². The van der Waals surface area contributed by atoms with Gasteiger partial charge in [0.15, 0.2) is 6.10 Å². The second-order valence-corrected chi connectivity index (χ2v) is 6.65. The van der Waals surface area contributed by atoms with Crippen molar-refractivity contribution in [2.75, 3.05) is 0 Å². The van der Waals surface area contributed by atoms with Gasteiger partial charge >= 0.3 is 6.16 Å². The first kappa shape index (κ1) is 16.9. The molecule has 0 radical (unpaired) electrons. The van der Waals surface area contributed by atoms with E-state index >= 15 is 0 Å². The van der Waals surface area contributed by atoms with Crippen molar-refractivity contribution in [2.45, 2.75) is 18.2 Å². The minimum atomic E-state index is -1.24. The van der Waals surface area contributed by atoms with Crippen LogP contribution in [0.1, 0.15) is 17.2 Å². The van der Waals surface area contributed by atoms with Gasteiger partial charge in [-0.2, -0.15) is 5.10 Å². The summed E-state index contributed by atoms with van der Waals surface area (Å²) in [6.45, 7) is 0.165. The molecular weight excluding hydrogens is 377 g/mol. The van der Waals surface area contributed by atoms with Gasteiger partial charge in [0.05, 0.1) is 6.54 Å². The number of rotatable bonds is 4. The number of nitrogens with zero attached hydrogens (tertiary/aromatic N) is 3. The molecule has 0 amide bonds. The number of aromatic nitrogens is 3. The van der Waals surface area contributed by atoms with E-state index in [0.717, 1.165) is 0 Å². The molecule has 1 aliphatic rings. The maximum absolute atomic E-state index is 12.2. The summed E-state index contributed by atoms with van der Waals surface area (Å²) in [5.41, 5.74) is -0.0123. The third kappa shape index (κ3) is 2.81. The molecule has 0 saturated carbocycles. The normalized spacial score (nSPS) is 22.1. The summed E-state index contributed by atoms with van der Waals surface area (Å²) in [5.74, 6) is 0. The predicted molar refractivity (Wildman–Crippen MR) is 94.9 cm³/mol. The highest BCUT2D eigenvalue weighted by Crippen LogP contribution is 2.50. The zero-order valence-corrected chi connectivity index (χ0v) is 14.9. The van der Waals surface area contributed by atoms with Crippen LogP contribution in [0.15, 0.2) is 61.2 Å². The first-order valence-electron chi connectivity index (χ1n) is 7.81. The summed E-state index contributed by atoms with van der Waals surface area (Å²) < 4.78 is 12.8. The number of hydrogen-bond donors (Lipinski definition) is 0. The van der Waals surface area contributed by atoms with Gasteiger partial charge in [0.2, 0.25) is 5.60 Å². The third-order valence-electron chi connectivity index (χ3n) is 4.28. The molecule has 26 heavy (non-hydrogen) atoms. The Morgan fingerprint density at radius 3 is 2.50 bits per heavy atom. The van der Waals surface area contributed by atoms with E-state index < -0.39 is 17.9 Å². The van der Waals surface area contributed by atoms with E-state index in [1.54, 1.807) is 41.1 Å². The van der Waals surface area contributed by atoms with Gasteiger partial charge in [0.1, 0.15) is 12.7 Å². The van der Waals surface area contributed by atoms with Crippen molar-refractivity contribution in [1.29, 1.82) is 0 Å². The van der Waals surface area contributed by atoms with Crippen LogP contribution >= 0.6 is 23.2 Å². The zero-order valence-electron chi connectivity index (χ0n) is 13.4. The van der Waals surface area contributed by atoms with Crippen LogP contribution in [0.25, 0.3) is 0 Å². The maximum Gasteiger partial charge on any atom is 0.510 e. The van der Waals surface area contributed by atoms with Crippen molar-refractivity contribution in [3.8, 4) is 0 Å². The average molecular weight is 390 g/mol. The van der Waals surface area contributed by atoms with Crippen molar-refractivity contribution in [3.05, 3.63) is 82.4 Å². The highest BCUT2D eigenvalue weighted by atomic mass is 35.5. The number of benzene rings is 2. The average Bonchev–Trinajstić information content (AvgIpc) is 3.24. The molecule has 1 fully saturated rings. The van der Waals surface area contributed by atoms with Crippen LogP contribution in [0.2, 0.25) is 10.0 Å². The van der Waals surface area contributed by atoms with Crippen LogP contribution in [0.4, 0.5) is 4.79 Å². The molecular formula is C18H13Cl2N3O3. The van der Waals surface area contributed by atoms with E-state index in [1.165, 1.54) is 12.7 Å². The van der Waals surface area contributed by atoms with Gasteiger partial charge in [0.25, 0.3) is 0 Å². The summed E-state index contributed by atoms with van der Waals surface area (Å²) in [7, 11) is 0. The molecule has 0 bridgehead atoms. The molecule has 1 saturated heterocycles. The Labute approximate surface area is 159 Å². The Morgan fingerprint density at radius 1 is 1.08 bits per heavy atom. The summed E-state index contributed by atoms with van der Waals surface area (Å²) >= 11 is 12.8. The molecule has 0 aliphatic carbocycles. The lowest BCUT2D eigenvalue weighted by Crippen LogP contribution is -2.37. The predicted octanol–water partition coefficient (Wildman–Crippen LogP) is 4.39. The second kappa shape index (κ2) is 6.63. The number of hydrogen-bond acceptors (Lipinski definition) is 5. The van der Waals surface area contributed by atoms with Crippen LogP contribution in [0, 0.1) is 0 Å². The van der Waals surface area contributed by atoms with E-state index in [0.29, 0.717) is 21.2 Å². The van der Waals surface area contributed by atoms with Crippen molar-refractivity contribution in [1.82, 2.24) is 14.8 Å². The van der Waals surface area contributed by atoms with E-state index in [-0.39, 0.29) is 6.54 Å². The van der Waals surface area contributed by atoms with Gasteiger partial charge in [-0.25, -0.2) is 14.5 Å². The fourth-order valence-corrected chi connectivity index (χ4v) is 3.71. The van der Waals surface area contributed by atoms with Gasteiger partial charge in [-0.15, -0.1) is 0 Å². The minimum absolute atomic E-state index is 0.165. The molecule has 3 aromatic rings. The van der Waals surface area contributed by atoms with Crippen molar-refractivity contribution in [2.24, 2.45) is 0 Å². The molecule has 132 valence electrons. The van der Waals surface area contributed by atoms with Crippen molar-refractivity contribution >= 4 is 29.4 Å². The highest BCUT2D eigenvalue weighted by Gasteiger charge is 2.55. The summed E-state index contributed by atoms with van der Waals surface area (Å²) in [5, 5.41) is 5.05. The monoisotopic (exact) mass is 389 g/mol. The molecule has 0 unspecified atom stereocenters. The van der Waals surface area contributed by atoms with E-state index in [9.17, 15) is 4.79 Å². The zero-order chi connectivity index (χ0) is 18.1. The molecule has 2 heterocycles. The van der Waals surface area contributed by atoms with Gasteiger partial charge < -0.3 is 9.47 Å². The standard InChI is InChI=1S/C18H13Cl2N3O3/c19-14-7-3-1-5-12(14)16-18(26-17(24)25-16,9-23-11-21-10-22-23)13-6-2-4-8-15(13)20/h1-8,10-11,16H,9H2/t16-,18-/m1/s1. The summed E-state index contributed by atoms with van der Waals surface area (Å²) in [6, 6.07) is 14.3. The Kier molecular flexibility index (Phi) is 4.30. The number of halogens is 2. The van der Waals surface area contributed by atoms with Gasteiger partial charge in [-0.05, 0) is 12.1 Å². The quantitative estimate of drug-likeness (QED) is 0.619. The number of ether oxygens (including phenoxy) is 2. The number of carbonyl (C=O) groups is 1. The van der Waals surface area contributed by atoms with Gasteiger partial charge in [0, 0.05) is 21.2 Å². The molecule has 2 aromatic carbocycles. The van der Waals surface area contributed by atoms with Gasteiger partial charge in [-0.3, -0.25) is 0 Å². The number of carbonyl (C=O) groups excluding carboxylic acids is 1. The van der Waals surface area contributed by atoms with Crippen LogP contribution < -0.4 is 0 Å². The molecule has 1 aliphatic heterocycles. The van der Waals surface area contributed by atoms with Crippen LogP contribution in [0.5, 0.6) is 0 Å². The summed E-state index contributed by atoms with van der Waals surface area (Å²) in [4.78, 5) is 16.1. The summed E-state index contributed by atoms with van der Waals surface area (Å²) in [6.07, 6.45) is 1.35. The highest BCUT2D eigenvalue weighted by molar-refractivity contribution is 6.32. The molecule has 0 spiro atoms. The SMILES string of the molecule is O=C1O[C@H](c2ccccc2Cl)[C@@](Cn2cncn2)(c2ccccc2Cl)O1. The van der Waals surface area contributed by atoms with Crippen LogP contribution in [0.3, 0.4) is 0 Å². The fourth-order valence-electron chi connectivity index (χ4n) is 3.18. The maximum atomic E-state index is 12.2. The van der Waals surface area contributed by atoms with Crippen LogP contribution in [-0.4, -0.2) is 20.9 Å². The van der Waals surface area contributed by atoms with E-state index in [1.807, 2.05) is 12.1 Å². The largest absolute Gasteiger partial charge is 0.510 e. The first-order chi connectivity index (χ1) is 12.6. The fraction of sp³-hybridized carbons (Fsp3) is 0.167. The Balaban J connectivity index is 1.92. The lowest BCUT2D eigenvalue weighted by Gasteiger charge is -2.32. The smallest absolute Gasteiger partial charge is 0.421 e. The Morgan fingerprint density at radius 2 is 1.81 bits per heavy atom. The first-order valence-corrected chi connectivity index (χ1v) is 8.57. The molecule has 1 aromatic heterocycles. The lowest BCUT2D eigenvalue weighted by atomic mass is 9.84. The number of cyclic esters (lactones) is 2. The lowest BCUT2D eigenvalue weighted by molar-refractivity contribution is 0.00367. The molecule has 2 atom stereocenters. The molecule has 8 heteroatoms.